The van der Waals surface area contributed by atoms with Gasteiger partial charge in [-0.3, -0.25) is 0 Å². The van der Waals surface area contributed by atoms with Gasteiger partial charge in [0.25, 0.3) is 0 Å². The molecule has 1 aliphatic carbocycles. The average molecular weight is 201 g/mol. The van der Waals surface area contributed by atoms with E-state index in [0.29, 0.717) is 0 Å². The standard InChI is InChI=1S/C14H19N/c1-2-6-12-10-13(9-11(12)5-1)14-7-3-4-8-15-14/h1-2,5-6,13-15H,3-4,7-10H2. The summed E-state index contributed by atoms with van der Waals surface area (Å²) in [6.07, 6.45) is 6.78. The highest BCUT2D eigenvalue weighted by Gasteiger charge is 2.28. The van der Waals surface area contributed by atoms with Gasteiger partial charge in [-0.05, 0) is 49.3 Å². The van der Waals surface area contributed by atoms with E-state index in [1.165, 1.54) is 38.6 Å². The zero-order valence-electron chi connectivity index (χ0n) is 9.21. The Bertz CT molecular complexity index is 314. The molecule has 80 valence electrons. The zero-order chi connectivity index (χ0) is 10.1. The molecule has 0 bridgehead atoms. The summed E-state index contributed by atoms with van der Waals surface area (Å²) in [4.78, 5) is 0. The molecular weight excluding hydrogens is 182 g/mol. The van der Waals surface area contributed by atoms with E-state index in [1.807, 2.05) is 0 Å². The monoisotopic (exact) mass is 201 g/mol. The van der Waals surface area contributed by atoms with Gasteiger partial charge in [0.05, 0.1) is 0 Å². The molecule has 2 aliphatic rings. The van der Waals surface area contributed by atoms with Gasteiger partial charge < -0.3 is 5.32 Å². The summed E-state index contributed by atoms with van der Waals surface area (Å²) in [6.45, 7) is 1.23. The predicted octanol–water partition coefficient (Wildman–Crippen LogP) is 2.54. The fourth-order valence-electron chi connectivity index (χ4n) is 3.16. The van der Waals surface area contributed by atoms with Crippen molar-refractivity contribution in [1.82, 2.24) is 5.32 Å². The van der Waals surface area contributed by atoms with Gasteiger partial charge in [-0.25, -0.2) is 0 Å². The zero-order valence-corrected chi connectivity index (χ0v) is 9.21. The van der Waals surface area contributed by atoms with Gasteiger partial charge in [-0.2, -0.15) is 0 Å². The van der Waals surface area contributed by atoms with Crippen molar-refractivity contribution in [1.29, 1.82) is 0 Å². The van der Waals surface area contributed by atoms with Gasteiger partial charge in [0, 0.05) is 6.04 Å². The molecule has 1 N–H and O–H groups in total. The number of hydrogen-bond donors (Lipinski definition) is 1. The van der Waals surface area contributed by atoms with Gasteiger partial charge in [-0.1, -0.05) is 30.7 Å². The van der Waals surface area contributed by atoms with Gasteiger partial charge in [0.1, 0.15) is 0 Å². The molecule has 1 aromatic carbocycles. The SMILES string of the molecule is c1ccc2c(c1)CC(C1CCCCN1)C2. The van der Waals surface area contributed by atoms with E-state index in [0.717, 1.165) is 12.0 Å². The molecule has 1 saturated heterocycles. The van der Waals surface area contributed by atoms with Crippen LogP contribution in [-0.2, 0) is 12.8 Å². The summed E-state index contributed by atoms with van der Waals surface area (Å²) in [7, 11) is 0. The molecule has 1 atom stereocenters. The fourth-order valence-corrected chi connectivity index (χ4v) is 3.16. The minimum Gasteiger partial charge on any atom is -0.314 e. The molecule has 0 radical (unpaired) electrons. The van der Waals surface area contributed by atoms with E-state index < -0.39 is 0 Å². The number of nitrogens with one attached hydrogen (secondary N) is 1. The molecule has 1 aromatic rings. The van der Waals surface area contributed by atoms with E-state index in [-0.39, 0.29) is 0 Å². The Morgan fingerprint density at radius 1 is 1.00 bits per heavy atom. The number of fused-ring (bicyclic) bond motifs is 1. The van der Waals surface area contributed by atoms with Crippen molar-refractivity contribution in [3.05, 3.63) is 35.4 Å². The predicted molar refractivity (Wildman–Crippen MR) is 63.0 cm³/mol. The number of benzene rings is 1. The highest BCUT2D eigenvalue weighted by Crippen LogP contribution is 2.31. The topological polar surface area (TPSA) is 12.0 Å². The summed E-state index contributed by atoms with van der Waals surface area (Å²) in [5.74, 6) is 0.864. The van der Waals surface area contributed by atoms with Crippen LogP contribution < -0.4 is 5.32 Å². The summed E-state index contributed by atoms with van der Waals surface area (Å²) >= 11 is 0. The maximum absolute atomic E-state index is 3.70. The first-order chi connectivity index (χ1) is 7.43. The van der Waals surface area contributed by atoms with E-state index in [1.54, 1.807) is 11.1 Å². The van der Waals surface area contributed by atoms with E-state index in [2.05, 4.69) is 29.6 Å². The molecule has 0 amide bonds. The van der Waals surface area contributed by atoms with Crippen LogP contribution in [-0.4, -0.2) is 12.6 Å². The smallest absolute Gasteiger partial charge is 0.0102 e. The number of piperidine rings is 1. The maximum atomic E-state index is 3.70. The third-order valence-electron chi connectivity index (χ3n) is 4.00. The first kappa shape index (κ1) is 9.41. The Balaban J connectivity index is 1.72. The Kier molecular flexibility index (Phi) is 2.49. The lowest BCUT2D eigenvalue weighted by molar-refractivity contribution is 0.302. The first-order valence-corrected chi connectivity index (χ1v) is 6.23. The van der Waals surface area contributed by atoms with Gasteiger partial charge in [0.15, 0.2) is 0 Å². The summed E-state index contributed by atoms with van der Waals surface area (Å²) in [5.41, 5.74) is 3.18. The van der Waals surface area contributed by atoms with Crippen molar-refractivity contribution in [3.8, 4) is 0 Å². The molecule has 1 fully saturated rings. The molecule has 0 spiro atoms. The first-order valence-electron chi connectivity index (χ1n) is 6.23. The van der Waals surface area contributed by atoms with Crippen LogP contribution in [0.25, 0.3) is 0 Å². The lowest BCUT2D eigenvalue weighted by Crippen LogP contribution is -2.40. The molecule has 1 aliphatic heterocycles. The van der Waals surface area contributed by atoms with Crippen molar-refractivity contribution < 1.29 is 0 Å². The van der Waals surface area contributed by atoms with Crippen molar-refractivity contribution in [2.75, 3.05) is 6.54 Å². The molecule has 0 aromatic heterocycles. The largest absolute Gasteiger partial charge is 0.314 e. The number of rotatable bonds is 1. The molecule has 1 unspecified atom stereocenters. The molecule has 15 heavy (non-hydrogen) atoms. The molecule has 1 nitrogen and oxygen atoms in total. The van der Waals surface area contributed by atoms with Crippen LogP contribution in [0.2, 0.25) is 0 Å². The maximum Gasteiger partial charge on any atom is 0.0102 e. The van der Waals surface area contributed by atoms with Crippen molar-refractivity contribution >= 4 is 0 Å². The second kappa shape index (κ2) is 3.97. The van der Waals surface area contributed by atoms with Crippen LogP contribution in [0.1, 0.15) is 30.4 Å². The highest BCUT2D eigenvalue weighted by molar-refractivity contribution is 5.32. The van der Waals surface area contributed by atoms with Crippen LogP contribution in [0, 0.1) is 5.92 Å². The molecule has 0 saturated carbocycles. The van der Waals surface area contributed by atoms with Crippen LogP contribution in [0.15, 0.2) is 24.3 Å². The summed E-state index contributed by atoms with van der Waals surface area (Å²) in [6, 6.07) is 9.74. The third-order valence-corrected chi connectivity index (χ3v) is 4.00. The second-order valence-corrected chi connectivity index (χ2v) is 4.99. The number of hydrogen-bond acceptors (Lipinski definition) is 1. The van der Waals surface area contributed by atoms with E-state index in [9.17, 15) is 0 Å². The van der Waals surface area contributed by atoms with Crippen LogP contribution in [0.3, 0.4) is 0 Å². The Hall–Kier alpha value is -0.820. The second-order valence-electron chi connectivity index (χ2n) is 4.99. The lowest BCUT2D eigenvalue weighted by atomic mass is 9.90. The minimum absolute atomic E-state index is 0.783. The van der Waals surface area contributed by atoms with Crippen molar-refractivity contribution in [2.24, 2.45) is 5.92 Å². The highest BCUT2D eigenvalue weighted by atomic mass is 14.9. The van der Waals surface area contributed by atoms with Crippen LogP contribution >= 0.6 is 0 Å². The van der Waals surface area contributed by atoms with E-state index in [4.69, 9.17) is 0 Å². The molecule has 1 heteroatoms. The Morgan fingerprint density at radius 2 is 1.73 bits per heavy atom. The van der Waals surface area contributed by atoms with Gasteiger partial charge in [-0.15, -0.1) is 0 Å². The van der Waals surface area contributed by atoms with Crippen molar-refractivity contribution in [2.45, 2.75) is 38.1 Å². The van der Waals surface area contributed by atoms with Gasteiger partial charge >= 0.3 is 0 Å². The molecular formula is C14H19N. The summed E-state index contributed by atoms with van der Waals surface area (Å²) in [5, 5.41) is 3.70. The summed E-state index contributed by atoms with van der Waals surface area (Å²) < 4.78 is 0. The van der Waals surface area contributed by atoms with Gasteiger partial charge in [0.2, 0.25) is 0 Å². The molecule has 3 rings (SSSR count). The fraction of sp³-hybridized carbons (Fsp3) is 0.571. The van der Waals surface area contributed by atoms with E-state index >= 15 is 0 Å². The minimum atomic E-state index is 0.783. The quantitative estimate of drug-likeness (QED) is 0.736. The third kappa shape index (κ3) is 1.81. The Labute approximate surface area is 91.9 Å². The Morgan fingerprint density at radius 3 is 2.33 bits per heavy atom. The van der Waals surface area contributed by atoms with Crippen LogP contribution in [0.5, 0.6) is 0 Å². The van der Waals surface area contributed by atoms with Crippen molar-refractivity contribution in [3.63, 3.8) is 0 Å². The average Bonchev–Trinajstić information content (AvgIpc) is 2.74. The van der Waals surface area contributed by atoms with Crippen LogP contribution in [0.4, 0.5) is 0 Å². The normalized spacial score (nSPS) is 26.5. The lowest BCUT2D eigenvalue weighted by Gasteiger charge is -2.28. The molecule has 1 heterocycles.